The SMILES string of the molecule is CCOc1ncc(S(=O)(=O)N2CCN(C(C)C)CC2)cc1-c1nc2c(CC)n(C)nc2c(=O)[nH]1. The fourth-order valence-electron chi connectivity index (χ4n) is 4.25. The van der Waals surface area contributed by atoms with Crippen LogP contribution in [0, 0.1) is 0 Å². The van der Waals surface area contributed by atoms with Crippen molar-refractivity contribution in [2.24, 2.45) is 7.05 Å². The Balaban J connectivity index is 1.79. The van der Waals surface area contributed by atoms with E-state index in [0.717, 1.165) is 5.69 Å². The molecule has 1 N–H and O–H groups in total. The first-order valence-corrected chi connectivity index (χ1v) is 12.9. The van der Waals surface area contributed by atoms with E-state index in [2.05, 4.69) is 38.8 Å². The van der Waals surface area contributed by atoms with Gasteiger partial charge in [0.1, 0.15) is 16.2 Å². The third kappa shape index (κ3) is 4.32. The van der Waals surface area contributed by atoms with Crippen LogP contribution in [0.25, 0.3) is 22.4 Å². The van der Waals surface area contributed by atoms with Crippen LogP contribution in [0.4, 0.5) is 0 Å². The minimum atomic E-state index is -3.78. The molecule has 11 nitrogen and oxygen atoms in total. The molecule has 12 heteroatoms. The first-order valence-electron chi connectivity index (χ1n) is 11.5. The molecule has 0 atom stereocenters. The number of nitrogens with zero attached hydrogens (tertiary/aromatic N) is 6. The van der Waals surface area contributed by atoms with Crippen molar-refractivity contribution in [2.75, 3.05) is 32.8 Å². The fourth-order valence-corrected chi connectivity index (χ4v) is 5.65. The molecule has 1 aliphatic heterocycles. The van der Waals surface area contributed by atoms with Crippen LogP contribution >= 0.6 is 0 Å². The van der Waals surface area contributed by atoms with Crippen molar-refractivity contribution in [3.63, 3.8) is 0 Å². The van der Waals surface area contributed by atoms with Crippen LogP contribution < -0.4 is 10.3 Å². The summed E-state index contributed by atoms with van der Waals surface area (Å²) in [5, 5.41) is 4.27. The smallest absolute Gasteiger partial charge is 0.279 e. The van der Waals surface area contributed by atoms with Crippen LogP contribution in [-0.4, -0.2) is 81.2 Å². The summed E-state index contributed by atoms with van der Waals surface area (Å²) in [4.78, 5) is 26.7. The second-order valence-corrected chi connectivity index (χ2v) is 10.5. The van der Waals surface area contributed by atoms with Crippen molar-refractivity contribution in [3.8, 4) is 17.3 Å². The summed E-state index contributed by atoms with van der Waals surface area (Å²) >= 11 is 0. The van der Waals surface area contributed by atoms with Gasteiger partial charge in [-0.05, 0) is 33.3 Å². The molecule has 1 aliphatic rings. The molecule has 0 aliphatic carbocycles. The Kier molecular flexibility index (Phi) is 6.74. The number of ether oxygens (including phenoxy) is 1. The molecule has 3 aromatic heterocycles. The lowest BCUT2D eigenvalue weighted by Gasteiger charge is -2.36. The Labute approximate surface area is 198 Å². The largest absolute Gasteiger partial charge is 0.477 e. The zero-order chi connectivity index (χ0) is 24.6. The average molecular weight is 490 g/mol. The Hall–Kier alpha value is -2.83. The van der Waals surface area contributed by atoms with Gasteiger partial charge in [-0.3, -0.25) is 14.4 Å². The number of hydrogen-bond donors (Lipinski definition) is 1. The van der Waals surface area contributed by atoms with Crippen LogP contribution in [0.2, 0.25) is 0 Å². The highest BCUT2D eigenvalue weighted by Crippen LogP contribution is 2.30. The number of fused-ring (bicyclic) bond motifs is 1. The van der Waals surface area contributed by atoms with Crippen molar-refractivity contribution >= 4 is 21.1 Å². The maximum atomic E-state index is 13.4. The number of rotatable bonds is 7. The van der Waals surface area contributed by atoms with Gasteiger partial charge in [-0.2, -0.15) is 9.40 Å². The molecule has 1 fully saturated rings. The minimum absolute atomic E-state index is 0.0357. The summed E-state index contributed by atoms with van der Waals surface area (Å²) in [7, 11) is -2.02. The minimum Gasteiger partial charge on any atom is -0.477 e. The van der Waals surface area contributed by atoms with Crippen molar-refractivity contribution in [2.45, 2.75) is 45.1 Å². The summed E-state index contributed by atoms with van der Waals surface area (Å²) < 4.78 is 35.6. The van der Waals surface area contributed by atoms with Gasteiger partial charge in [-0.1, -0.05) is 6.92 Å². The highest BCUT2D eigenvalue weighted by Gasteiger charge is 2.30. The number of aryl methyl sites for hydroxylation is 2. The van der Waals surface area contributed by atoms with Crippen molar-refractivity contribution in [3.05, 3.63) is 28.3 Å². The third-order valence-electron chi connectivity index (χ3n) is 6.15. The number of pyridine rings is 1. The lowest BCUT2D eigenvalue weighted by Crippen LogP contribution is -2.50. The standard InChI is InChI=1S/C22H31N7O4S/c1-6-17-18-19(26-27(17)5)21(30)25-20(24-18)16-12-15(13-23-22(16)33-7-2)34(31,32)29-10-8-28(9-11-29)14(3)4/h12-14H,6-11H2,1-5H3,(H,24,25,30). The van der Waals surface area contributed by atoms with Gasteiger partial charge in [0, 0.05) is 39.3 Å². The molecular formula is C22H31N7O4S. The van der Waals surface area contributed by atoms with Gasteiger partial charge >= 0.3 is 0 Å². The van der Waals surface area contributed by atoms with Gasteiger partial charge < -0.3 is 9.72 Å². The molecule has 4 rings (SSSR count). The first kappa shape index (κ1) is 24.3. The van der Waals surface area contributed by atoms with Gasteiger partial charge in [-0.15, -0.1) is 0 Å². The van der Waals surface area contributed by atoms with E-state index in [1.165, 1.54) is 16.6 Å². The number of sulfonamides is 1. The van der Waals surface area contributed by atoms with Crippen LogP contribution in [0.3, 0.4) is 0 Å². The topological polar surface area (TPSA) is 126 Å². The molecule has 0 radical (unpaired) electrons. The lowest BCUT2D eigenvalue weighted by atomic mass is 10.2. The second kappa shape index (κ2) is 9.43. The number of aromatic amines is 1. The number of aromatic nitrogens is 5. The monoisotopic (exact) mass is 489 g/mol. The molecule has 4 heterocycles. The highest BCUT2D eigenvalue weighted by atomic mass is 32.2. The Morgan fingerprint density at radius 1 is 1.15 bits per heavy atom. The third-order valence-corrected chi connectivity index (χ3v) is 8.01. The van der Waals surface area contributed by atoms with Gasteiger partial charge in [0.05, 0.1) is 24.1 Å². The molecule has 3 aromatic rings. The number of H-pyrrole nitrogens is 1. The molecule has 0 amide bonds. The zero-order valence-corrected chi connectivity index (χ0v) is 21.0. The molecule has 34 heavy (non-hydrogen) atoms. The number of piperazine rings is 1. The van der Waals surface area contributed by atoms with Gasteiger partial charge in [0.2, 0.25) is 15.9 Å². The summed E-state index contributed by atoms with van der Waals surface area (Å²) in [5.41, 5.74) is 1.43. The van der Waals surface area contributed by atoms with Crippen molar-refractivity contribution in [1.82, 2.24) is 33.9 Å². The molecule has 0 bridgehead atoms. The van der Waals surface area contributed by atoms with Crippen molar-refractivity contribution < 1.29 is 13.2 Å². The zero-order valence-electron chi connectivity index (χ0n) is 20.2. The second-order valence-electron chi connectivity index (χ2n) is 8.53. The Morgan fingerprint density at radius 2 is 1.85 bits per heavy atom. The van der Waals surface area contributed by atoms with E-state index in [1.54, 1.807) is 18.7 Å². The summed E-state index contributed by atoms with van der Waals surface area (Å²) in [6.45, 7) is 10.4. The summed E-state index contributed by atoms with van der Waals surface area (Å²) in [5.74, 6) is 0.397. The van der Waals surface area contributed by atoms with Crippen LogP contribution in [0.1, 0.15) is 33.4 Å². The Morgan fingerprint density at radius 3 is 2.47 bits per heavy atom. The highest BCUT2D eigenvalue weighted by molar-refractivity contribution is 7.89. The summed E-state index contributed by atoms with van der Waals surface area (Å²) in [6, 6.07) is 1.84. The van der Waals surface area contributed by atoms with E-state index in [4.69, 9.17) is 4.74 Å². The number of hydrogen-bond acceptors (Lipinski definition) is 8. The molecule has 0 saturated carbocycles. The van der Waals surface area contributed by atoms with Gasteiger partial charge in [-0.25, -0.2) is 18.4 Å². The van der Waals surface area contributed by atoms with E-state index < -0.39 is 15.6 Å². The van der Waals surface area contributed by atoms with Crippen molar-refractivity contribution in [1.29, 1.82) is 0 Å². The predicted molar refractivity (Wildman–Crippen MR) is 128 cm³/mol. The lowest BCUT2D eigenvalue weighted by molar-refractivity contribution is 0.154. The van der Waals surface area contributed by atoms with Crippen LogP contribution in [0.15, 0.2) is 22.0 Å². The van der Waals surface area contributed by atoms with E-state index in [-0.39, 0.29) is 22.1 Å². The number of nitrogens with one attached hydrogen (secondary N) is 1. The molecule has 0 spiro atoms. The first-order chi connectivity index (χ1) is 16.2. The van der Waals surface area contributed by atoms with E-state index in [0.29, 0.717) is 56.3 Å². The maximum Gasteiger partial charge on any atom is 0.279 e. The van der Waals surface area contributed by atoms with E-state index in [9.17, 15) is 13.2 Å². The fraction of sp³-hybridized carbons (Fsp3) is 0.545. The Bertz CT molecular complexity index is 1360. The maximum absolute atomic E-state index is 13.4. The van der Waals surface area contributed by atoms with Gasteiger partial charge in [0.15, 0.2) is 5.52 Å². The quantitative estimate of drug-likeness (QED) is 0.528. The van der Waals surface area contributed by atoms with E-state index >= 15 is 0 Å². The molecular weight excluding hydrogens is 458 g/mol. The van der Waals surface area contributed by atoms with Crippen LogP contribution in [-0.2, 0) is 23.5 Å². The van der Waals surface area contributed by atoms with Gasteiger partial charge in [0.25, 0.3) is 5.56 Å². The molecule has 0 unspecified atom stereocenters. The average Bonchev–Trinajstić information content (AvgIpc) is 3.15. The molecule has 1 saturated heterocycles. The van der Waals surface area contributed by atoms with E-state index in [1.807, 2.05) is 6.92 Å². The van der Waals surface area contributed by atoms with Crippen LogP contribution in [0.5, 0.6) is 5.88 Å². The predicted octanol–water partition coefficient (Wildman–Crippen LogP) is 1.39. The molecule has 184 valence electrons. The molecule has 0 aromatic carbocycles. The summed E-state index contributed by atoms with van der Waals surface area (Å²) in [6.07, 6.45) is 1.94. The normalized spacial score (nSPS) is 15.9.